The van der Waals surface area contributed by atoms with E-state index in [9.17, 15) is 9.59 Å². The molecule has 7 nitrogen and oxygen atoms in total. The number of carboxylic acid groups (broad SMARTS) is 1. The second-order valence-electron chi connectivity index (χ2n) is 4.74. The summed E-state index contributed by atoms with van der Waals surface area (Å²) in [5.41, 5.74) is 6.47. The molecule has 1 aromatic rings. The molecule has 1 aromatic heterocycles. The van der Waals surface area contributed by atoms with E-state index in [2.05, 4.69) is 4.98 Å². The zero-order valence-electron chi connectivity index (χ0n) is 11.2. The van der Waals surface area contributed by atoms with E-state index in [1.807, 2.05) is 6.07 Å². The molecule has 108 valence electrons. The van der Waals surface area contributed by atoms with E-state index >= 15 is 0 Å². The van der Waals surface area contributed by atoms with Gasteiger partial charge in [0.25, 0.3) is 0 Å². The molecule has 2 amide bonds. The Bertz CT molecular complexity index is 481. The van der Waals surface area contributed by atoms with Crippen molar-refractivity contribution in [2.45, 2.75) is 12.8 Å². The van der Waals surface area contributed by atoms with Crippen LogP contribution < -0.4 is 5.73 Å². The van der Waals surface area contributed by atoms with E-state index < -0.39 is 6.09 Å². The van der Waals surface area contributed by atoms with Crippen LogP contribution in [-0.2, 0) is 11.2 Å². The van der Waals surface area contributed by atoms with Crippen LogP contribution in [0.3, 0.4) is 0 Å². The van der Waals surface area contributed by atoms with E-state index in [1.54, 1.807) is 17.2 Å². The number of hydrogen-bond donors (Lipinski definition) is 2. The molecule has 0 bridgehead atoms. The van der Waals surface area contributed by atoms with E-state index in [0.717, 1.165) is 5.56 Å². The predicted octanol–water partition coefficient (Wildman–Crippen LogP) is 0.419. The Morgan fingerprint density at radius 2 is 1.85 bits per heavy atom. The summed E-state index contributed by atoms with van der Waals surface area (Å²) in [5, 5.41) is 8.84. The fraction of sp³-hybridized carbons (Fsp3) is 0.462. The molecule has 0 saturated carbocycles. The van der Waals surface area contributed by atoms with Crippen LogP contribution in [0.2, 0.25) is 0 Å². The van der Waals surface area contributed by atoms with Crippen molar-refractivity contribution in [2.24, 2.45) is 0 Å². The number of amides is 2. The van der Waals surface area contributed by atoms with Gasteiger partial charge in [-0.25, -0.2) is 9.78 Å². The lowest BCUT2D eigenvalue weighted by Crippen LogP contribution is -2.50. The Kier molecular flexibility index (Phi) is 4.39. The van der Waals surface area contributed by atoms with Crippen molar-refractivity contribution in [3.63, 3.8) is 0 Å². The first-order valence-corrected chi connectivity index (χ1v) is 6.52. The zero-order chi connectivity index (χ0) is 14.5. The maximum atomic E-state index is 12.0. The van der Waals surface area contributed by atoms with Gasteiger partial charge in [-0.05, 0) is 18.1 Å². The molecule has 1 fully saturated rings. The monoisotopic (exact) mass is 278 g/mol. The van der Waals surface area contributed by atoms with Gasteiger partial charge in [0, 0.05) is 38.8 Å². The largest absolute Gasteiger partial charge is 0.465 e. The van der Waals surface area contributed by atoms with Gasteiger partial charge in [-0.15, -0.1) is 0 Å². The maximum absolute atomic E-state index is 12.0. The van der Waals surface area contributed by atoms with Crippen LogP contribution in [0.15, 0.2) is 18.3 Å². The molecule has 0 aromatic carbocycles. The summed E-state index contributed by atoms with van der Waals surface area (Å²) in [4.78, 5) is 29.8. The lowest BCUT2D eigenvalue weighted by atomic mass is 10.1. The molecule has 7 heteroatoms. The molecule has 0 spiro atoms. The van der Waals surface area contributed by atoms with Gasteiger partial charge in [0.05, 0.1) is 0 Å². The molecule has 2 heterocycles. The predicted molar refractivity (Wildman–Crippen MR) is 73.1 cm³/mol. The van der Waals surface area contributed by atoms with Gasteiger partial charge >= 0.3 is 6.09 Å². The van der Waals surface area contributed by atoms with Crippen LogP contribution in [-0.4, -0.2) is 58.1 Å². The lowest BCUT2D eigenvalue weighted by Gasteiger charge is -2.33. The van der Waals surface area contributed by atoms with Crippen molar-refractivity contribution in [1.82, 2.24) is 14.8 Å². The fourth-order valence-corrected chi connectivity index (χ4v) is 2.14. The summed E-state index contributed by atoms with van der Waals surface area (Å²) in [7, 11) is 0. The van der Waals surface area contributed by atoms with Gasteiger partial charge in [0.15, 0.2) is 0 Å². The molecule has 3 N–H and O–H groups in total. The van der Waals surface area contributed by atoms with Crippen LogP contribution in [0.5, 0.6) is 0 Å². The molecule has 20 heavy (non-hydrogen) atoms. The van der Waals surface area contributed by atoms with Crippen molar-refractivity contribution in [3.05, 3.63) is 23.9 Å². The van der Waals surface area contributed by atoms with Gasteiger partial charge < -0.3 is 20.6 Å². The van der Waals surface area contributed by atoms with E-state index in [1.165, 1.54) is 4.90 Å². The number of aromatic nitrogens is 1. The molecule has 1 aliphatic heterocycles. The summed E-state index contributed by atoms with van der Waals surface area (Å²) >= 11 is 0. The molecule has 1 aliphatic rings. The van der Waals surface area contributed by atoms with Crippen LogP contribution in [0, 0.1) is 0 Å². The van der Waals surface area contributed by atoms with E-state index in [4.69, 9.17) is 10.8 Å². The fourth-order valence-electron chi connectivity index (χ4n) is 2.14. The molecule has 0 aliphatic carbocycles. The Morgan fingerprint density at radius 1 is 1.20 bits per heavy atom. The first-order valence-electron chi connectivity index (χ1n) is 6.52. The maximum Gasteiger partial charge on any atom is 0.407 e. The Morgan fingerprint density at radius 3 is 2.40 bits per heavy atom. The number of rotatable bonds is 3. The van der Waals surface area contributed by atoms with Crippen molar-refractivity contribution in [2.75, 3.05) is 31.9 Å². The van der Waals surface area contributed by atoms with E-state index in [0.29, 0.717) is 44.8 Å². The van der Waals surface area contributed by atoms with Gasteiger partial charge in [0.1, 0.15) is 5.82 Å². The SMILES string of the molecule is Nc1ccc(CCC(=O)N2CCN(C(=O)O)CC2)cn1. The Hall–Kier alpha value is -2.31. The quantitative estimate of drug-likeness (QED) is 0.834. The van der Waals surface area contributed by atoms with Gasteiger partial charge in [-0.3, -0.25) is 4.79 Å². The summed E-state index contributed by atoms with van der Waals surface area (Å²) in [6.07, 6.45) is 1.76. The molecule has 0 unspecified atom stereocenters. The highest BCUT2D eigenvalue weighted by atomic mass is 16.4. The summed E-state index contributed by atoms with van der Waals surface area (Å²) in [6.45, 7) is 1.69. The number of pyridine rings is 1. The second-order valence-corrected chi connectivity index (χ2v) is 4.74. The topological polar surface area (TPSA) is 99.8 Å². The third-order valence-electron chi connectivity index (χ3n) is 3.38. The molecular formula is C13H18N4O3. The molecule has 0 atom stereocenters. The molecular weight excluding hydrogens is 260 g/mol. The number of aryl methyl sites for hydroxylation is 1. The van der Waals surface area contributed by atoms with Crippen LogP contribution in [0.4, 0.5) is 10.6 Å². The number of hydrogen-bond acceptors (Lipinski definition) is 4. The third-order valence-corrected chi connectivity index (χ3v) is 3.38. The highest BCUT2D eigenvalue weighted by Crippen LogP contribution is 2.08. The Labute approximate surface area is 117 Å². The number of carbonyl (C=O) groups is 2. The van der Waals surface area contributed by atoms with Crippen molar-refractivity contribution >= 4 is 17.8 Å². The van der Waals surface area contributed by atoms with Crippen LogP contribution in [0.25, 0.3) is 0 Å². The number of nitrogens with zero attached hydrogens (tertiary/aromatic N) is 3. The number of piperazine rings is 1. The van der Waals surface area contributed by atoms with Gasteiger partial charge in [0.2, 0.25) is 5.91 Å². The van der Waals surface area contributed by atoms with Crippen molar-refractivity contribution in [3.8, 4) is 0 Å². The van der Waals surface area contributed by atoms with Gasteiger partial charge in [-0.1, -0.05) is 6.07 Å². The summed E-state index contributed by atoms with van der Waals surface area (Å²) in [5.74, 6) is 0.511. The van der Waals surface area contributed by atoms with Gasteiger partial charge in [-0.2, -0.15) is 0 Å². The first kappa shape index (κ1) is 14.1. The molecule has 1 saturated heterocycles. The zero-order valence-corrected chi connectivity index (χ0v) is 11.2. The molecule has 2 rings (SSSR count). The highest BCUT2D eigenvalue weighted by molar-refractivity contribution is 5.77. The van der Waals surface area contributed by atoms with Crippen LogP contribution in [0.1, 0.15) is 12.0 Å². The lowest BCUT2D eigenvalue weighted by molar-refractivity contribution is -0.132. The molecule has 0 radical (unpaired) electrons. The minimum absolute atomic E-state index is 0.0480. The average Bonchev–Trinajstić information content (AvgIpc) is 2.46. The van der Waals surface area contributed by atoms with Crippen molar-refractivity contribution in [1.29, 1.82) is 0 Å². The summed E-state index contributed by atoms with van der Waals surface area (Å²) in [6, 6.07) is 3.57. The van der Waals surface area contributed by atoms with Crippen molar-refractivity contribution < 1.29 is 14.7 Å². The number of carbonyl (C=O) groups excluding carboxylic acids is 1. The first-order chi connectivity index (χ1) is 9.56. The minimum Gasteiger partial charge on any atom is -0.465 e. The van der Waals surface area contributed by atoms with E-state index in [-0.39, 0.29) is 5.91 Å². The number of anilines is 1. The standard InChI is InChI=1S/C13H18N4O3/c14-11-3-1-10(9-15-11)2-4-12(18)16-5-7-17(8-6-16)13(19)20/h1,3,9H,2,4-8H2,(H2,14,15)(H,19,20). The smallest absolute Gasteiger partial charge is 0.407 e. The normalized spacial score (nSPS) is 15.2. The second kappa shape index (κ2) is 6.23. The highest BCUT2D eigenvalue weighted by Gasteiger charge is 2.23. The number of nitrogens with two attached hydrogens (primary N) is 1. The Balaban J connectivity index is 1.78. The van der Waals surface area contributed by atoms with Crippen LogP contribution >= 0.6 is 0 Å². The average molecular weight is 278 g/mol. The minimum atomic E-state index is -0.926. The number of nitrogen functional groups attached to an aromatic ring is 1. The summed E-state index contributed by atoms with van der Waals surface area (Å²) < 4.78 is 0. The third kappa shape index (κ3) is 3.59.